The van der Waals surface area contributed by atoms with Crippen LogP contribution >= 0.6 is 0 Å². The van der Waals surface area contributed by atoms with Crippen molar-refractivity contribution in [2.24, 2.45) is 0 Å². The summed E-state index contributed by atoms with van der Waals surface area (Å²) in [5.41, 5.74) is 1.44. The molecule has 1 aromatic heterocycles. The highest BCUT2D eigenvalue weighted by molar-refractivity contribution is 5.92. The summed E-state index contributed by atoms with van der Waals surface area (Å²) < 4.78 is 41.5. The van der Waals surface area contributed by atoms with Crippen LogP contribution in [0.3, 0.4) is 0 Å². The minimum atomic E-state index is -2.68. The Morgan fingerprint density at radius 2 is 1.81 bits per heavy atom. The van der Waals surface area contributed by atoms with Gasteiger partial charge in [0.2, 0.25) is 0 Å². The van der Waals surface area contributed by atoms with Crippen molar-refractivity contribution >= 4 is 16.7 Å². The fraction of sp³-hybridized carbons (Fsp3) is 0.300. The third-order valence-electron chi connectivity index (χ3n) is 4.84. The van der Waals surface area contributed by atoms with Crippen LogP contribution in [0.5, 0.6) is 5.75 Å². The highest BCUT2D eigenvalue weighted by Crippen LogP contribution is 2.36. The number of benzene rings is 2. The van der Waals surface area contributed by atoms with Crippen molar-refractivity contribution in [1.82, 2.24) is 9.97 Å². The Labute approximate surface area is 154 Å². The van der Waals surface area contributed by atoms with Crippen molar-refractivity contribution in [2.45, 2.75) is 25.7 Å². The Kier molecular flexibility index (Phi) is 4.17. The standard InChI is InChI=1S/C20H18F3N3O/c1-12-5-6-13-15(11-12)24-18(17-14(21)3-2-4-16(17)27)25-19(13)26-9-7-20(22,23)8-10-26/h2-6,11,27H,7-10H2,1H3. The van der Waals surface area contributed by atoms with Crippen LogP contribution in [-0.2, 0) is 0 Å². The van der Waals surface area contributed by atoms with E-state index in [9.17, 15) is 18.3 Å². The largest absolute Gasteiger partial charge is 0.507 e. The molecule has 4 nitrogen and oxygen atoms in total. The van der Waals surface area contributed by atoms with Crippen molar-refractivity contribution in [3.8, 4) is 17.1 Å². The van der Waals surface area contributed by atoms with Crippen molar-refractivity contribution in [3.63, 3.8) is 0 Å². The van der Waals surface area contributed by atoms with Gasteiger partial charge in [0.15, 0.2) is 5.82 Å². The molecule has 0 saturated carbocycles. The van der Waals surface area contributed by atoms with E-state index >= 15 is 0 Å². The van der Waals surface area contributed by atoms with Crippen molar-refractivity contribution in [2.75, 3.05) is 18.0 Å². The number of alkyl halides is 2. The number of phenolic OH excluding ortho intramolecular Hbond substituents is 1. The number of halogens is 3. The minimum absolute atomic E-state index is 0.0380. The molecule has 2 aromatic carbocycles. The number of rotatable bonds is 2. The highest BCUT2D eigenvalue weighted by Gasteiger charge is 2.35. The molecule has 1 saturated heterocycles. The van der Waals surface area contributed by atoms with E-state index in [1.165, 1.54) is 18.2 Å². The van der Waals surface area contributed by atoms with E-state index in [1.54, 1.807) is 4.90 Å². The van der Waals surface area contributed by atoms with Crippen molar-refractivity contribution in [1.29, 1.82) is 0 Å². The number of nitrogens with zero attached hydrogens (tertiary/aromatic N) is 3. The normalized spacial score (nSPS) is 16.7. The first-order valence-electron chi connectivity index (χ1n) is 8.73. The van der Waals surface area contributed by atoms with E-state index in [2.05, 4.69) is 9.97 Å². The fourth-order valence-corrected chi connectivity index (χ4v) is 3.36. The van der Waals surface area contributed by atoms with Gasteiger partial charge in [-0.15, -0.1) is 0 Å². The second-order valence-corrected chi connectivity index (χ2v) is 6.87. The maximum Gasteiger partial charge on any atom is 0.251 e. The summed E-state index contributed by atoms with van der Waals surface area (Å²) in [5.74, 6) is -3.07. The predicted octanol–water partition coefficient (Wildman–Crippen LogP) is 4.69. The van der Waals surface area contributed by atoms with E-state index in [0.29, 0.717) is 16.7 Å². The zero-order chi connectivity index (χ0) is 19.2. The number of aryl methyl sites for hydroxylation is 1. The average Bonchev–Trinajstić information content (AvgIpc) is 2.60. The molecule has 0 unspecified atom stereocenters. The number of phenols is 1. The number of aromatic nitrogens is 2. The Hall–Kier alpha value is -2.83. The number of aromatic hydroxyl groups is 1. The van der Waals surface area contributed by atoms with Gasteiger partial charge in [-0.2, -0.15) is 0 Å². The van der Waals surface area contributed by atoms with Crippen LogP contribution in [-0.4, -0.2) is 34.1 Å². The highest BCUT2D eigenvalue weighted by atomic mass is 19.3. The molecule has 0 amide bonds. The molecule has 1 fully saturated rings. The Balaban J connectivity index is 1.90. The number of hydrogen-bond acceptors (Lipinski definition) is 4. The van der Waals surface area contributed by atoms with Gasteiger partial charge in [0, 0.05) is 31.3 Å². The van der Waals surface area contributed by atoms with Crippen LogP contribution in [0.4, 0.5) is 19.0 Å². The average molecular weight is 373 g/mol. The van der Waals surface area contributed by atoms with Crippen LogP contribution < -0.4 is 4.90 Å². The summed E-state index contributed by atoms with van der Waals surface area (Å²) in [7, 11) is 0. The van der Waals surface area contributed by atoms with E-state index in [-0.39, 0.29) is 43.1 Å². The van der Waals surface area contributed by atoms with Crippen molar-refractivity contribution in [3.05, 3.63) is 47.8 Å². The quantitative estimate of drug-likeness (QED) is 0.708. The van der Waals surface area contributed by atoms with Crippen LogP contribution in [0.25, 0.3) is 22.3 Å². The molecule has 27 heavy (non-hydrogen) atoms. The SMILES string of the molecule is Cc1ccc2c(N3CCC(F)(F)CC3)nc(-c3c(O)cccc3F)nc2c1. The van der Waals surface area contributed by atoms with Gasteiger partial charge in [-0.1, -0.05) is 12.1 Å². The topological polar surface area (TPSA) is 49.2 Å². The summed E-state index contributed by atoms with van der Waals surface area (Å²) in [5, 5.41) is 10.8. The molecule has 2 heterocycles. The zero-order valence-corrected chi connectivity index (χ0v) is 14.7. The second kappa shape index (κ2) is 6.40. The molecule has 140 valence electrons. The predicted molar refractivity (Wildman–Crippen MR) is 97.7 cm³/mol. The fourth-order valence-electron chi connectivity index (χ4n) is 3.36. The van der Waals surface area contributed by atoms with Gasteiger partial charge >= 0.3 is 0 Å². The molecule has 0 atom stereocenters. The molecule has 7 heteroatoms. The Bertz CT molecular complexity index is 993. The molecular weight excluding hydrogens is 355 g/mol. The first-order valence-corrected chi connectivity index (χ1v) is 8.73. The lowest BCUT2D eigenvalue weighted by Gasteiger charge is -2.33. The van der Waals surface area contributed by atoms with Crippen LogP contribution in [0, 0.1) is 12.7 Å². The molecular formula is C20H18F3N3O. The zero-order valence-electron chi connectivity index (χ0n) is 14.7. The molecule has 1 aliphatic heterocycles. The molecule has 0 spiro atoms. The van der Waals surface area contributed by atoms with Crippen LogP contribution in [0.2, 0.25) is 0 Å². The van der Waals surface area contributed by atoms with Gasteiger partial charge in [-0.05, 0) is 36.8 Å². The van der Waals surface area contributed by atoms with Gasteiger partial charge in [0.25, 0.3) is 5.92 Å². The van der Waals surface area contributed by atoms with E-state index in [4.69, 9.17) is 0 Å². The monoisotopic (exact) mass is 373 g/mol. The lowest BCUT2D eigenvalue weighted by atomic mass is 10.1. The number of piperidine rings is 1. The maximum atomic E-state index is 14.3. The minimum Gasteiger partial charge on any atom is -0.507 e. The van der Waals surface area contributed by atoms with E-state index in [0.717, 1.165) is 5.56 Å². The van der Waals surface area contributed by atoms with Gasteiger partial charge in [0.1, 0.15) is 17.4 Å². The number of fused-ring (bicyclic) bond motifs is 1. The third-order valence-corrected chi connectivity index (χ3v) is 4.84. The van der Waals surface area contributed by atoms with Crippen LogP contribution in [0.1, 0.15) is 18.4 Å². The third kappa shape index (κ3) is 3.29. The summed E-state index contributed by atoms with van der Waals surface area (Å²) in [6.07, 6.45) is -0.519. The molecule has 0 radical (unpaired) electrons. The Morgan fingerprint density at radius 3 is 2.52 bits per heavy atom. The second-order valence-electron chi connectivity index (χ2n) is 6.87. The van der Waals surface area contributed by atoms with Gasteiger partial charge in [-0.25, -0.2) is 23.1 Å². The molecule has 0 aliphatic carbocycles. The lowest BCUT2D eigenvalue weighted by molar-refractivity contribution is -0.0221. The summed E-state index contributed by atoms with van der Waals surface area (Å²) in [6, 6.07) is 9.56. The van der Waals surface area contributed by atoms with E-state index < -0.39 is 11.7 Å². The number of anilines is 1. The Morgan fingerprint density at radius 1 is 1.07 bits per heavy atom. The molecule has 1 N–H and O–H groups in total. The van der Waals surface area contributed by atoms with Gasteiger partial charge in [-0.3, -0.25) is 0 Å². The first-order chi connectivity index (χ1) is 12.8. The lowest BCUT2D eigenvalue weighted by Crippen LogP contribution is -2.40. The maximum absolute atomic E-state index is 14.3. The summed E-state index contributed by atoms with van der Waals surface area (Å²) in [4.78, 5) is 10.7. The summed E-state index contributed by atoms with van der Waals surface area (Å²) >= 11 is 0. The molecule has 4 rings (SSSR count). The smallest absolute Gasteiger partial charge is 0.251 e. The first kappa shape index (κ1) is 17.6. The van der Waals surface area contributed by atoms with Gasteiger partial charge < -0.3 is 10.0 Å². The van der Waals surface area contributed by atoms with Crippen LogP contribution in [0.15, 0.2) is 36.4 Å². The van der Waals surface area contributed by atoms with Crippen molar-refractivity contribution < 1.29 is 18.3 Å². The number of hydrogen-bond donors (Lipinski definition) is 1. The van der Waals surface area contributed by atoms with E-state index in [1.807, 2.05) is 25.1 Å². The summed E-state index contributed by atoms with van der Waals surface area (Å²) in [6.45, 7) is 2.20. The molecule has 0 bridgehead atoms. The molecule has 3 aromatic rings. The molecule has 1 aliphatic rings. The van der Waals surface area contributed by atoms with Gasteiger partial charge in [0.05, 0.1) is 11.1 Å².